The second-order valence-electron chi connectivity index (χ2n) is 3.73. The van der Waals surface area contributed by atoms with Gasteiger partial charge in [0, 0.05) is 0 Å². The van der Waals surface area contributed by atoms with Gasteiger partial charge in [-0.1, -0.05) is 0 Å². The third kappa shape index (κ3) is 9.35. The number of esters is 1. The molecule has 2 atom stereocenters. The van der Waals surface area contributed by atoms with Gasteiger partial charge in [0.25, 0.3) is 0 Å². The first-order chi connectivity index (χ1) is 8.61. The maximum atomic E-state index is 10.9. The highest BCUT2D eigenvalue weighted by atomic mass is 16.6. The van der Waals surface area contributed by atoms with Crippen molar-refractivity contribution in [3.63, 3.8) is 0 Å². The molecule has 0 aromatic carbocycles. The van der Waals surface area contributed by atoms with E-state index in [9.17, 15) is 4.79 Å². The van der Waals surface area contributed by atoms with Crippen LogP contribution in [0.5, 0.6) is 0 Å². The third-order valence-electron chi connectivity index (χ3n) is 2.27. The van der Waals surface area contributed by atoms with Gasteiger partial charge in [-0.05, 0) is 20.8 Å². The lowest BCUT2D eigenvalue weighted by Crippen LogP contribution is -2.28. The summed E-state index contributed by atoms with van der Waals surface area (Å²) in [4.78, 5) is 10.9. The first-order valence-corrected chi connectivity index (χ1v) is 6.19. The van der Waals surface area contributed by atoms with Crippen LogP contribution in [-0.2, 0) is 23.7 Å². The Morgan fingerprint density at radius 1 is 1.11 bits per heavy atom. The molecule has 1 N–H and O–H groups in total. The highest BCUT2D eigenvalue weighted by molar-refractivity contribution is 5.70. The Hall–Kier alpha value is -0.690. The van der Waals surface area contributed by atoms with Crippen molar-refractivity contribution >= 4 is 5.97 Å². The second-order valence-corrected chi connectivity index (χ2v) is 3.73. The average molecular weight is 264 g/mol. The Balaban J connectivity index is 3.44. The molecule has 0 saturated carbocycles. The fourth-order valence-corrected chi connectivity index (χ4v) is 1.16. The van der Waals surface area contributed by atoms with E-state index in [1.54, 1.807) is 6.92 Å². The van der Waals surface area contributed by atoms with Gasteiger partial charge in [-0.15, -0.1) is 0 Å². The lowest BCUT2D eigenvalue weighted by molar-refractivity contribution is -0.149. The van der Waals surface area contributed by atoms with Crippen LogP contribution in [-0.4, -0.2) is 62.9 Å². The largest absolute Gasteiger partial charge is 0.464 e. The van der Waals surface area contributed by atoms with Crippen molar-refractivity contribution in [3.05, 3.63) is 0 Å². The van der Waals surface area contributed by atoms with Crippen molar-refractivity contribution in [3.8, 4) is 0 Å². The van der Waals surface area contributed by atoms with Crippen LogP contribution in [0.1, 0.15) is 20.8 Å². The highest BCUT2D eigenvalue weighted by Crippen LogP contribution is 2.02. The Kier molecular flexibility index (Phi) is 11.0. The zero-order valence-corrected chi connectivity index (χ0v) is 11.4. The monoisotopic (exact) mass is 264 g/mol. The number of rotatable bonds is 11. The van der Waals surface area contributed by atoms with E-state index in [1.165, 1.54) is 0 Å². The van der Waals surface area contributed by atoms with E-state index in [2.05, 4.69) is 0 Å². The SMILES string of the molecule is CCOC(=O)COCCO[C@@H](C)[C@H](C)OCCO. The molecule has 0 spiro atoms. The lowest BCUT2D eigenvalue weighted by Gasteiger charge is -2.20. The molecule has 0 rings (SSSR count). The van der Waals surface area contributed by atoms with E-state index in [0.717, 1.165) is 0 Å². The summed E-state index contributed by atoms with van der Waals surface area (Å²) >= 11 is 0. The minimum Gasteiger partial charge on any atom is -0.464 e. The van der Waals surface area contributed by atoms with Crippen LogP contribution >= 0.6 is 0 Å². The Bertz CT molecular complexity index is 209. The van der Waals surface area contributed by atoms with Gasteiger partial charge in [-0.2, -0.15) is 0 Å². The van der Waals surface area contributed by atoms with E-state index in [4.69, 9.17) is 24.1 Å². The predicted octanol–water partition coefficient (Wildman–Crippen LogP) is 0.369. The minimum atomic E-state index is -0.370. The smallest absolute Gasteiger partial charge is 0.332 e. The maximum Gasteiger partial charge on any atom is 0.332 e. The Morgan fingerprint density at radius 3 is 2.28 bits per heavy atom. The van der Waals surface area contributed by atoms with Gasteiger partial charge in [0.05, 0.1) is 45.2 Å². The van der Waals surface area contributed by atoms with E-state index >= 15 is 0 Å². The van der Waals surface area contributed by atoms with Crippen LogP contribution in [0.3, 0.4) is 0 Å². The summed E-state index contributed by atoms with van der Waals surface area (Å²) in [6.45, 7) is 6.82. The molecule has 0 aliphatic heterocycles. The molecule has 108 valence electrons. The van der Waals surface area contributed by atoms with Crippen LogP contribution in [0.4, 0.5) is 0 Å². The van der Waals surface area contributed by atoms with Crippen molar-refractivity contribution in [1.82, 2.24) is 0 Å². The molecule has 0 amide bonds. The minimum absolute atomic E-state index is 0.000286. The van der Waals surface area contributed by atoms with Gasteiger partial charge in [-0.3, -0.25) is 0 Å². The van der Waals surface area contributed by atoms with E-state index < -0.39 is 0 Å². The number of carbonyl (C=O) groups is 1. The van der Waals surface area contributed by atoms with Crippen LogP contribution in [0, 0.1) is 0 Å². The molecule has 0 radical (unpaired) electrons. The number of aliphatic hydroxyl groups excluding tert-OH is 1. The molecule has 0 heterocycles. The summed E-state index contributed by atoms with van der Waals surface area (Å²) in [5, 5.41) is 8.61. The number of hydrogen-bond acceptors (Lipinski definition) is 6. The molecule has 0 fully saturated rings. The van der Waals surface area contributed by atoms with Crippen molar-refractivity contribution in [1.29, 1.82) is 0 Å². The van der Waals surface area contributed by atoms with Crippen LogP contribution < -0.4 is 0 Å². The molecule has 18 heavy (non-hydrogen) atoms. The third-order valence-corrected chi connectivity index (χ3v) is 2.27. The number of carbonyl (C=O) groups excluding carboxylic acids is 1. The van der Waals surface area contributed by atoms with E-state index in [0.29, 0.717) is 26.4 Å². The number of ether oxygens (including phenoxy) is 4. The summed E-state index contributed by atoms with van der Waals surface area (Å²) < 4.78 is 20.5. The molecule has 0 aromatic heterocycles. The molecule has 0 unspecified atom stereocenters. The summed E-state index contributed by atoms with van der Waals surface area (Å²) in [6.07, 6.45) is -0.190. The topological polar surface area (TPSA) is 74.2 Å². The Labute approximate surface area is 108 Å². The predicted molar refractivity (Wildman–Crippen MR) is 65.4 cm³/mol. The quantitative estimate of drug-likeness (QED) is 0.429. The second kappa shape index (κ2) is 11.4. The zero-order chi connectivity index (χ0) is 13.8. The Morgan fingerprint density at radius 2 is 1.72 bits per heavy atom. The van der Waals surface area contributed by atoms with Crippen molar-refractivity contribution < 1.29 is 28.8 Å². The molecule has 0 aromatic rings. The molecular formula is C12H24O6. The van der Waals surface area contributed by atoms with Crippen LogP contribution in [0.25, 0.3) is 0 Å². The molecule has 6 nitrogen and oxygen atoms in total. The zero-order valence-electron chi connectivity index (χ0n) is 11.4. The van der Waals surface area contributed by atoms with Gasteiger partial charge in [0.1, 0.15) is 6.61 Å². The van der Waals surface area contributed by atoms with Crippen molar-refractivity contribution in [2.24, 2.45) is 0 Å². The molecule has 0 aliphatic carbocycles. The number of aliphatic hydroxyl groups is 1. The maximum absolute atomic E-state index is 10.9. The van der Waals surface area contributed by atoms with Gasteiger partial charge in [-0.25, -0.2) is 4.79 Å². The van der Waals surface area contributed by atoms with Gasteiger partial charge in [0.15, 0.2) is 0 Å². The standard InChI is InChI=1S/C12H24O6/c1-4-16-12(14)9-15-7-8-18-11(3)10(2)17-6-5-13/h10-11,13H,4-9H2,1-3H3/t10-,11-/m0/s1. The van der Waals surface area contributed by atoms with Crippen molar-refractivity contribution in [2.75, 3.05) is 39.6 Å². The molecule has 0 bridgehead atoms. The van der Waals surface area contributed by atoms with Gasteiger partial charge < -0.3 is 24.1 Å². The van der Waals surface area contributed by atoms with Gasteiger partial charge in [0.2, 0.25) is 0 Å². The summed E-state index contributed by atoms with van der Waals surface area (Å²) in [5.74, 6) is -0.370. The first-order valence-electron chi connectivity index (χ1n) is 6.19. The normalized spacial score (nSPS) is 14.2. The fraction of sp³-hybridized carbons (Fsp3) is 0.917. The van der Waals surface area contributed by atoms with E-state index in [1.807, 2.05) is 13.8 Å². The molecular weight excluding hydrogens is 240 g/mol. The van der Waals surface area contributed by atoms with Crippen LogP contribution in [0.2, 0.25) is 0 Å². The molecule has 0 saturated heterocycles. The highest BCUT2D eigenvalue weighted by Gasteiger charge is 2.12. The van der Waals surface area contributed by atoms with E-state index in [-0.39, 0.29) is 31.4 Å². The van der Waals surface area contributed by atoms with Gasteiger partial charge >= 0.3 is 5.97 Å². The fourth-order valence-electron chi connectivity index (χ4n) is 1.16. The average Bonchev–Trinajstić information content (AvgIpc) is 2.35. The number of hydrogen-bond donors (Lipinski definition) is 1. The lowest BCUT2D eigenvalue weighted by atomic mass is 10.2. The first kappa shape index (κ1) is 17.3. The summed E-state index contributed by atoms with van der Waals surface area (Å²) in [7, 11) is 0. The van der Waals surface area contributed by atoms with Crippen LogP contribution in [0.15, 0.2) is 0 Å². The molecule has 0 aliphatic rings. The summed E-state index contributed by atoms with van der Waals surface area (Å²) in [6, 6.07) is 0. The molecule has 6 heteroatoms. The summed E-state index contributed by atoms with van der Waals surface area (Å²) in [5.41, 5.74) is 0. The van der Waals surface area contributed by atoms with Crippen molar-refractivity contribution in [2.45, 2.75) is 33.0 Å².